The Hall–Kier alpha value is -0.290. The zero-order valence-corrected chi connectivity index (χ0v) is 11.7. The van der Waals surface area contributed by atoms with Gasteiger partial charge in [0.25, 0.3) is 0 Å². The maximum Gasteiger partial charge on any atom is 0.401 e. The molecule has 4 unspecified atom stereocenters. The topological polar surface area (TPSA) is 23.5 Å². The summed E-state index contributed by atoms with van der Waals surface area (Å²) in [5, 5.41) is 10.2. The summed E-state index contributed by atoms with van der Waals surface area (Å²) >= 11 is 0. The molecule has 2 aliphatic carbocycles. The highest BCUT2D eigenvalue weighted by Gasteiger charge is 2.41. The second-order valence-corrected chi connectivity index (χ2v) is 6.56. The summed E-state index contributed by atoms with van der Waals surface area (Å²) in [7, 11) is 0. The van der Waals surface area contributed by atoms with E-state index >= 15 is 0 Å². The minimum Gasteiger partial charge on any atom is -0.393 e. The summed E-state index contributed by atoms with van der Waals surface area (Å²) in [6.45, 7) is 3.72. The van der Waals surface area contributed by atoms with E-state index in [0.29, 0.717) is 18.4 Å². The maximum atomic E-state index is 12.6. The van der Waals surface area contributed by atoms with E-state index in [1.165, 1.54) is 0 Å². The van der Waals surface area contributed by atoms with Crippen LogP contribution in [0.15, 0.2) is 0 Å². The molecule has 2 nitrogen and oxygen atoms in total. The fraction of sp³-hybridized carbons (Fsp3) is 1.00. The minimum absolute atomic E-state index is 0.0147. The Morgan fingerprint density at radius 3 is 2.26 bits per heavy atom. The van der Waals surface area contributed by atoms with Crippen molar-refractivity contribution in [2.24, 2.45) is 17.8 Å². The molecule has 0 aromatic carbocycles. The van der Waals surface area contributed by atoms with E-state index in [9.17, 15) is 18.3 Å². The predicted octanol–water partition coefficient (Wildman–Crippen LogP) is 3.06. The summed E-state index contributed by atoms with van der Waals surface area (Å²) in [4.78, 5) is 1.54. The molecule has 5 heteroatoms. The highest BCUT2D eigenvalue weighted by molar-refractivity contribution is 4.91. The molecule has 0 aromatic heterocycles. The molecule has 4 atom stereocenters. The highest BCUT2D eigenvalue weighted by atomic mass is 19.4. The number of aliphatic hydroxyl groups is 1. The molecular weight excluding hydrogens is 255 g/mol. The van der Waals surface area contributed by atoms with E-state index in [2.05, 4.69) is 13.8 Å². The van der Waals surface area contributed by atoms with Crippen LogP contribution in [0.5, 0.6) is 0 Å². The van der Waals surface area contributed by atoms with Crippen LogP contribution in [0.1, 0.15) is 39.5 Å². The van der Waals surface area contributed by atoms with E-state index in [-0.39, 0.29) is 12.0 Å². The van der Waals surface area contributed by atoms with Gasteiger partial charge in [-0.05, 0) is 37.5 Å². The molecule has 0 aliphatic heterocycles. The number of nitrogens with zero attached hydrogens (tertiary/aromatic N) is 1. The first kappa shape index (κ1) is 15.1. The van der Waals surface area contributed by atoms with Gasteiger partial charge in [0.2, 0.25) is 0 Å². The Morgan fingerprint density at radius 2 is 1.79 bits per heavy atom. The van der Waals surface area contributed by atoms with E-state index in [1.54, 1.807) is 4.90 Å². The third-order valence-corrected chi connectivity index (χ3v) is 4.53. The molecule has 0 aromatic rings. The fourth-order valence-electron chi connectivity index (χ4n) is 3.46. The smallest absolute Gasteiger partial charge is 0.393 e. The Balaban J connectivity index is 1.96. The second-order valence-electron chi connectivity index (χ2n) is 6.56. The fourth-order valence-corrected chi connectivity index (χ4v) is 3.46. The van der Waals surface area contributed by atoms with E-state index in [0.717, 1.165) is 25.7 Å². The van der Waals surface area contributed by atoms with Gasteiger partial charge in [-0.3, -0.25) is 4.90 Å². The molecule has 2 fully saturated rings. The van der Waals surface area contributed by atoms with Crippen LogP contribution >= 0.6 is 0 Å². The first-order valence-electron chi connectivity index (χ1n) is 7.25. The van der Waals surface area contributed by atoms with Crippen molar-refractivity contribution in [3.8, 4) is 0 Å². The van der Waals surface area contributed by atoms with Crippen LogP contribution in [0.3, 0.4) is 0 Å². The van der Waals surface area contributed by atoms with Gasteiger partial charge in [-0.1, -0.05) is 13.8 Å². The lowest BCUT2D eigenvalue weighted by atomic mass is 9.73. The summed E-state index contributed by atoms with van der Waals surface area (Å²) in [5.41, 5.74) is 0. The van der Waals surface area contributed by atoms with Crippen molar-refractivity contribution in [3.05, 3.63) is 0 Å². The molecule has 0 amide bonds. The monoisotopic (exact) mass is 279 g/mol. The quantitative estimate of drug-likeness (QED) is 0.855. The van der Waals surface area contributed by atoms with Gasteiger partial charge in [0.1, 0.15) is 0 Å². The Kier molecular flexibility index (Phi) is 4.45. The Morgan fingerprint density at radius 1 is 1.16 bits per heavy atom. The van der Waals surface area contributed by atoms with Gasteiger partial charge in [-0.15, -0.1) is 0 Å². The maximum absolute atomic E-state index is 12.6. The molecule has 0 radical (unpaired) electrons. The van der Waals surface area contributed by atoms with Crippen LogP contribution < -0.4 is 0 Å². The number of hydrogen-bond acceptors (Lipinski definition) is 2. The van der Waals surface area contributed by atoms with Crippen LogP contribution in [0.25, 0.3) is 0 Å². The van der Waals surface area contributed by atoms with Crippen LogP contribution in [0.2, 0.25) is 0 Å². The number of hydrogen-bond donors (Lipinski definition) is 1. The third-order valence-electron chi connectivity index (χ3n) is 4.53. The molecule has 2 rings (SSSR count). The summed E-state index contributed by atoms with van der Waals surface area (Å²) in [5.74, 6) is 0.755. The average Bonchev–Trinajstić information content (AvgIpc) is 3.03. The van der Waals surface area contributed by atoms with Gasteiger partial charge in [0.15, 0.2) is 0 Å². The molecular formula is C14H24F3NO. The molecule has 19 heavy (non-hydrogen) atoms. The van der Waals surface area contributed by atoms with Crippen LogP contribution in [0, 0.1) is 17.8 Å². The van der Waals surface area contributed by atoms with Crippen molar-refractivity contribution in [3.63, 3.8) is 0 Å². The molecule has 0 saturated heterocycles. The van der Waals surface area contributed by atoms with Gasteiger partial charge >= 0.3 is 6.18 Å². The standard InChI is InChI=1S/C14H24F3NO/c1-9-5-10(2)12(13(19)6-9)7-18(11-3-4-11)8-14(15,16)17/h9-13,19H,3-8H2,1-2H3. The molecule has 2 aliphatic rings. The summed E-state index contributed by atoms with van der Waals surface area (Å²) in [6, 6.07) is 0.0837. The minimum atomic E-state index is -4.14. The van der Waals surface area contributed by atoms with Crippen LogP contribution in [-0.2, 0) is 0 Å². The third kappa shape index (κ3) is 4.35. The number of rotatable bonds is 4. The number of aliphatic hydroxyl groups excluding tert-OH is 1. The largest absolute Gasteiger partial charge is 0.401 e. The van der Waals surface area contributed by atoms with Gasteiger partial charge < -0.3 is 5.11 Å². The molecule has 112 valence electrons. The number of alkyl halides is 3. The molecule has 0 heterocycles. The lowest BCUT2D eigenvalue weighted by Gasteiger charge is -2.40. The van der Waals surface area contributed by atoms with Gasteiger partial charge in [0.05, 0.1) is 12.6 Å². The lowest BCUT2D eigenvalue weighted by Crippen LogP contribution is -2.46. The van der Waals surface area contributed by atoms with Crippen molar-refractivity contribution >= 4 is 0 Å². The summed E-state index contributed by atoms with van der Waals surface area (Å²) in [6.07, 6.45) is -1.13. The molecule has 1 N–H and O–H groups in total. The highest BCUT2D eigenvalue weighted by Crippen LogP contribution is 2.37. The van der Waals surface area contributed by atoms with Crippen molar-refractivity contribution < 1.29 is 18.3 Å². The first-order valence-corrected chi connectivity index (χ1v) is 7.25. The normalized spacial score (nSPS) is 36.8. The van der Waals surface area contributed by atoms with Gasteiger partial charge in [0, 0.05) is 18.5 Å². The molecule has 2 saturated carbocycles. The average molecular weight is 279 g/mol. The van der Waals surface area contributed by atoms with Crippen LogP contribution in [-0.4, -0.2) is 41.4 Å². The number of halogens is 3. The Bertz CT molecular complexity index is 292. The second kappa shape index (κ2) is 5.60. The SMILES string of the molecule is CC1CC(C)C(CN(CC(F)(F)F)C2CC2)C(O)C1. The van der Waals surface area contributed by atoms with Crippen molar-refractivity contribution in [2.75, 3.05) is 13.1 Å². The van der Waals surface area contributed by atoms with E-state index < -0.39 is 18.8 Å². The molecule has 0 bridgehead atoms. The van der Waals surface area contributed by atoms with Crippen LogP contribution in [0.4, 0.5) is 13.2 Å². The van der Waals surface area contributed by atoms with Crippen molar-refractivity contribution in [1.29, 1.82) is 0 Å². The van der Waals surface area contributed by atoms with Gasteiger partial charge in [-0.25, -0.2) is 0 Å². The van der Waals surface area contributed by atoms with Crippen molar-refractivity contribution in [2.45, 2.75) is 57.9 Å². The van der Waals surface area contributed by atoms with E-state index in [4.69, 9.17) is 0 Å². The van der Waals surface area contributed by atoms with E-state index in [1.807, 2.05) is 0 Å². The predicted molar refractivity (Wildman–Crippen MR) is 67.7 cm³/mol. The zero-order chi connectivity index (χ0) is 14.2. The lowest BCUT2D eigenvalue weighted by molar-refractivity contribution is -0.151. The zero-order valence-electron chi connectivity index (χ0n) is 11.7. The van der Waals surface area contributed by atoms with Crippen molar-refractivity contribution in [1.82, 2.24) is 4.90 Å². The Labute approximate surface area is 113 Å². The first-order chi connectivity index (χ1) is 8.76. The molecule has 0 spiro atoms. The summed E-state index contributed by atoms with van der Waals surface area (Å²) < 4.78 is 37.8. The van der Waals surface area contributed by atoms with Gasteiger partial charge in [-0.2, -0.15) is 13.2 Å².